The van der Waals surface area contributed by atoms with E-state index in [1.54, 1.807) is 0 Å². The summed E-state index contributed by atoms with van der Waals surface area (Å²) in [5, 5.41) is 0. The first-order valence-electron chi connectivity index (χ1n) is 5.14. The smallest absolute Gasteiger partial charge is 0.119 e. The van der Waals surface area contributed by atoms with Crippen LogP contribution in [0.5, 0.6) is 5.75 Å². The van der Waals surface area contributed by atoms with E-state index < -0.39 is 0 Å². The number of rotatable bonds is 4. The number of alkyl halides is 1. The number of hydrogen-bond donors (Lipinski definition) is 0. The summed E-state index contributed by atoms with van der Waals surface area (Å²) in [4.78, 5) is 0. The van der Waals surface area contributed by atoms with Crippen molar-refractivity contribution in [2.45, 2.75) is 19.8 Å². The van der Waals surface area contributed by atoms with Gasteiger partial charge in [0.05, 0.1) is 6.61 Å². The van der Waals surface area contributed by atoms with Crippen LogP contribution in [0.1, 0.15) is 25.3 Å². The normalized spacial score (nSPS) is 9.20. The fraction of sp³-hybridized carbons (Fsp3) is 0.385. The van der Waals surface area contributed by atoms with Crippen molar-refractivity contribution in [3.8, 4) is 17.6 Å². The summed E-state index contributed by atoms with van der Waals surface area (Å²) < 4.78 is 5.47. The van der Waals surface area contributed by atoms with Gasteiger partial charge < -0.3 is 4.74 Å². The summed E-state index contributed by atoms with van der Waals surface area (Å²) in [6, 6.07) is 7.82. The number of hydrogen-bond acceptors (Lipinski definition) is 1. The van der Waals surface area contributed by atoms with Crippen LogP contribution in [0.3, 0.4) is 0 Å². The third kappa shape index (κ3) is 4.76. The molecule has 0 saturated carbocycles. The van der Waals surface area contributed by atoms with Crippen LogP contribution in [-0.4, -0.2) is 12.5 Å². The summed E-state index contributed by atoms with van der Waals surface area (Å²) in [5.74, 6) is 7.52. The van der Waals surface area contributed by atoms with Gasteiger partial charge in [-0.2, -0.15) is 0 Å². The van der Waals surface area contributed by atoms with Gasteiger partial charge in [0.25, 0.3) is 0 Å². The molecule has 0 saturated heterocycles. The van der Waals surface area contributed by atoms with Crippen molar-refractivity contribution in [2.24, 2.45) is 0 Å². The van der Waals surface area contributed by atoms with Crippen molar-refractivity contribution in [1.29, 1.82) is 0 Å². The Morgan fingerprint density at radius 3 is 2.60 bits per heavy atom. The van der Waals surface area contributed by atoms with E-state index in [4.69, 9.17) is 16.3 Å². The molecule has 0 bridgehead atoms. The molecule has 0 aliphatic rings. The highest BCUT2D eigenvalue weighted by atomic mass is 35.5. The minimum Gasteiger partial charge on any atom is -0.494 e. The molecule has 0 heterocycles. The quantitative estimate of drug-likeness (QED) is 0.560. The molecular weight excluding hydrogens is 208 g/mol. The Bertz CT molecular complexity index is 332. The molecule has 0 spiro atoms. The molecule has 0 aliphatic heterocycles. The summed E-state index contributed by atoms with van der Waals surface area (Å²) in [7, 11) is 0. The maximum absolute atomic E-state index is 5.53. The summed E-state index contributed by atoms with van der Waals surface area (Å²) >= 11 is 5.53. The highest BCUT2D eigenvalue weighted by Gasteiger charge is 1.91. The summed E-state index contributed by atoms with van der Waals surface area (Å²) in [5.41, 5.74) is 1.00. The van der Waals surface area contributed by atoms with Crippen LogP contribution in [0.15, 0.2) is 24.3 Å². The maximum Gasteiger partial charge on any atom is 0.119 e. The Balaban J connectivity index is 2.53. The fourth-order valence-electron chi connectivity index (χ4n) is 1.07. The zero-order valence-electron chi connectivity index (χ0n) is 8.92. The van der Waals surface area contributed by atoms with E-state index in [9.17, 15) is 0 Å². The van der Waals surface area contributed by atoms with Gasteiger partial charge in [0.2, 0.25) is 0 Å². The summed E-state index contributed by atoms with van der Waals surface area (Å²) in [6.07, 6.45) is 1.76. The molecule has 1 nitrogen and oxygen atoms in total. The number of halogens is 1. The Kier molecular flexibility index (Phi) is 5.73. The second-order valence-electron chi connectivity index (χ2n) is 3.11. The van der Waals surface area contributed by atoms with Crippen LogP contribution in [0.25, 0.3) is 0 Å². The molecule has 80 valence electrons. The molecule has 0 fully saturated rings. The number of benzene rings is 1. The molecule has 1 aromatic rings. The molecule has 15 heavy (non-hydrogen) atoms. The molecule has 0 radical (unpaired) electrons. The molecule has 2 heteroatoms. The lowest BCUT2D eigenvalue weighted by atomic mass is 10.2. The first-order valence-corrected chi connectivity index (χ1v) is 5.68. The van der Waals surface area contributed by atoms with E-state index in [1.165, 1.54) is 0 Å². The highest BCUT2D eigenvalue weighted by molar-refractivity contribution is 6.18. The van der Waals surface area contributed by atoms with Crippen LogP contribution in [0, 0.1) is 11.8 Å². The van der Waals surface area contributed by atoms with Crippen LogP contribution in [-0.2, 0) is 0 Å². The van der Waals surface area contributed by atoms with Crippen molar-refractivity contribution in [3.05, 3.63) is 29.8 Å². The lowest BCUT2D eigenvalue weighted by Gasteiger charge is -2.03. The second-order valence-corrected chi connectivity index (χ2v) is 3.49. The van der Waals surface area contributed by atoms with Crippen molar-refractivity contribution in [2.75, 3.05) is 12.5 Å². The topological polar surface area (TPSA) is 9.23 Å². The van der Waals surface area contributed by atoms with Crippen LogP contribution in [0.2, 0.25) is 0 Å². The third-order valence-corrected chi connectivity index (χ3v) is 1.97. The maximum atomic E-state index is 5.53. The van der Waals surface area contributed by atoms with E-state index in [0.29, 0.717) is 5.88 Å². The van der Waals surface area contributed by atoms with Gasteiger partial charge >= 0.3 is 0 Å². The Morgan fingerprint density at radius 2 is 2.00 bits per heavy atom. The predicted molar refractivity (Wildman–Crippen MR) is 64.4 cm³/mol. The van der Waals surface area contributed by atoms with Gasteiger partial charge in [-0.1, -0.05) is 18.8 Å². The van der Waals surface area contributed by atoms with Crippen LogP contribution < -0.4 is 4.74 Å². The van der Waals surface area contributed by atoms with Crippen molar-refractivity contribution < 1.29 is 4.74 Å². The highest BCUT2D eigenvalue weighted by Crippen LogP contribution is 2.11. The van der Waals surface area contributed by atoms with E-state index in [2.05, 4.69) is 18.8 Å². The Hall–Kier alpha value is -1.13. The number of ether oxygens (including phenoxy) is 1. The molecule has 0 N–H and O–H groups in total. The Morgan fingerprint density at radius 1 is 1.27 bits per heavy atom. The average molecular weight is 223 g/mol. The molecule has 1 rings (SSSR count). The molecule has 0 amide bonds. The van der Waals surface area contributed by atoms with E-state index in [-0.39, 0.29) is 0 Å². The Labute approximate surface area is 96.4 Å². The van der Waals surface area contributed by atoms with Crippen molar-refractivity contribution in [1.82, 2.24) is 0 Å². The third-order valence-electron chi connectivity index (χ3n) is 1.78. The van der Waals surface area contributed by atoms with Gasteiger partial charge in [-0.05, 0) is 30.7 Å². The van der Waals surface area contributed by atoms with E-state index in [1.807, 2.05) is 24.3 Å². The molecule has 1 aromatic carbocycles. The fourth-order valence-corrected chi connectivity index (χ4v) is 1.16. The van der Waals surface area contributed by atoms with Gasteiger partial charge in [-0.15, -0.1) is 11.6 Å². The van der Waals surface area contributed by atoms with Gasteiger partial charge in [0, 0.05) is 17.9 Å². The minimum atomic E-state index is 0.588. The van der Waals surface area contributed by atoms with E-state index >= 15 is 0 Å². The molecule has 0 aliphatic carbocycles. The first-order chi connectivity index (χ1) is 7.36. The van der Waals surface area contributed by atoms with E-state index in [0.717, 1.165) is 30.8 Å². The van der Waals surface area contributed by atoms with Gasteiger partial charge in [-0.3, -0.25) is 0 Å². The standard InChI is InChI=1S/C13H15ClO/c1-2-11-15-13-8-6-12(7-9-13)5-3-4-10-14/h6-9H,2,4,10-11H2,1H3. The zero-order valence-corrected chi connectivity index (χ0v) is 9.68. The largest absolute Gasteiger partial charge is 0.494 e. The molecule has 0 aromatic heterocycles. The predicted octanol–water partition coefficient (Wildman–Crippen LogP) is 3.46. The van der Waals surface area contributed by atoms with Crippen molar-refractivity contribution in [3.63, 3.8) is 0 Å². The minimum absolute atomic E-state index is 0.588. The van der Waals surface area contributed by atoms with Gasteiger partial charge in [0.1, 0.15) is 5.75 Å². The van der Waals surface area contributed by atoms with Gasteiger partial charge in [0.15, 0.2) is 0 Å². The lowest BCUT2D eigenvalue weighted by molar-refractivity contribution is 0.317. The van der Waals surface area contributed by atoms with Crippen molar-refractivity contribution >= 4 is 11.6 Å². The molecular formula is C13H15ClO. The van der Waals surface area contributed by atoms with Crippen LogP contribution >= 0.6 is 11.6 Å². The average Bonchev–Trinajstić information content (AvgIpc) is 2.28. The molecule has 0 atom stereocenters. The SMILES string of the molecule is CCCOc1ccc(C#CCCCl)cc1. The monoisotopic (exact) mass is 222 g/mol. The second kappa shape index (κ2) is 7.20. The zero-order chi connectivity index (χ0) is 10.9. The molecule has 0 unspecified atom stereocenters. The first kappa shape index (κ1) is 11.9. The van der Waals surface area contributed by atoms with Crippen LogP contribution in [0.4, 0.5) is 0 Å². The van der Waals surface area contributed by atoms with Gasteiger partial charge in [-0.25, -0.2) is 0 Å². The summed E-state index contributed by atoms with van der Waals surface area (Å²) in [6.45, 7) is 2.85. The lowest BCUT2D eigenvalue weighted by Crippen LogP contribution is -1.94.